The molecule has 2 saturated heterocycles. The first-order chi connectivity index (χ1) is 13.3. The molecule has 0 spiro atoms. The molecule has 1 aromatic carbocycles. The molecule has 3 aromatic rings. The number of hydrogen-bond donors (Lipinski definition) is 2. The Morgan fingerprint density at radius 3 is 3.07 bits per heavy atom. The lowest BCUT2D eigenvalue weighted by Crippen LogP contribution is -2.44. The number of anilines is 1. The van der Waals surface area contributed by atoms with Crippen LogP contribution in [0.3, 0.4) is 0 Å². The molecule has 6 heteroatoms. The number of nitrogens with one attached hydrogen (secondary N) is 2. The highest BCUT2D eigenvalue weighted by molar-refractivity contribution is 6.05. The van der Waals surface area contributed by atoms with Gasteiger partial charge in [0.2, 0.25) is 0 Å². The summed E-state index contributed by atoms with van der Waals surface area (Å²) in [5.74, 6) is 0.321. The molecule has 2 atom stereocenters. The second kappa shape index (κ2) is 6.85. The van der Waals surface area contributed by atoms with Crippen molar-refractivity contribution in [3.05, 3.63) is 48.0 Å². The zero-order valence-corrected chi connectivity index (χ0v) is 15.3. The predicted octanol–water partition coefficient (Wildman–Crippen LogP) is 4.14. The predicted molar refractivity (Wildman–Crippen MR) is 104 cm³/mol. The van der Waals surface area contributed by atoms with E-state index < -0.39 is 0 Å². The van der Waals surface area contributed by atoms with E-state index in [1.54, 1.807) is 6.07 Å². The van der Waals surface area contributed by atoms with E-state index in [0.717, 1.165) is 28.7 Å². The van der Waals surface area contributed by atoms with Gasteiger partial charge in [0, 0.05) is 23.0 Å². The molecule has 6 nitrogen and oxygen atoms in total. The quantitative estimate of drug-likeness (QED) is 0.732. The number of carbonyl (C=O) groups is 1. The summed E-state index contributed by atoms with van der Waals surface area (Å²) in [4.78, 5) is 15.0. The Morgan fingerprint density at radius 1 is 1.22 bits per heavy atom. The summed E-state index contributed by atoms with van der Waals surface area (Å²) in [6, 6.07) is 8.31. The highest BCUT2D eigenvalue weighted by Gasteiger charge is 2.32. The van der Waals surface area contributed by atoms with E-state index >= 15 is 0 Å². The lowest BCUT2D eigenvalue weighted by Gasteiger charge is -2.42. The maximum Gasteiger partial charge on any atom is 0.258 e. The van der Waals surface area contributed by atoms with Crippen LogP contribution < -0.4 is 5.32 Å². The van der Waals surface area contributed by atoms with Gasteiger partial charge in [-0.1, -0.05) is 6.42 Å². The van der Waals surface area contributed by atoms with Gasteiger partial charge in [0.1, 0.15) is 6.26 Å². The molecule has 27 heavy (non-hydrogen) atoms. The van der Waals surface area contributed by atoms with Gasteiger partial charge in [-0.15, -0.1) is 0 Å². The molecule has 2 aromatic heterocycles. The molecule has 2 fully saturated rings. The highest BCUT2D eigenvalue weighted by atomic mass is 16.3. The molecule has 0 aliphatic carbocycles. The van der Waals surface area contributed by atoms with Crippen LogP contribution in [0.5, 0.6) is 0 Å². The topological polar surface area (TPSA) is 74.2 Å². The Labute approximate surface area is 157 Å². The van der Waals surface area contributed by atoms with Gasteiger partial charge in [0.25, 0.3) is 5.91 Å². The van der Waals surface area contributed by atoms with Crippen molar-refractivity contribution in [3.8, 4) is 0 Å². The van der Waals surface area contributed by atoms with Gasteiger partial charge in [0.15, 0.2) is 0 Å². The number of aromatic nitrogens is 2. The summed E-state index contributed by atoms with van der Waals surface area (Å²) in [7, 11) is 0. The minimum atomic E-state index is -0.163. The van der Waals surface area contributed by atoms with E-state index in [1.165, 1.54) is 51.3 Å². The fourth-order valence-electron chi connectivity index (χ4n) is 4.66. The summed E-state index contributed by atoms with van der Waals surface area (Å²) >= 11 is 0. The van der Waals surface area contributed by atoms with Crippen molar-refractivity contribution in [2.24, 2.45) is 0 Å². The number of H-pyrrole nitrogens is 1. The number of amides is 1. The van der Waals surface area contributed by atoms with Gasteiger partial charge < -0.3 is 14.6 Å². The Hall–Kier alpha value is -2.60. The van der Waals surface area contributed by atoms with E-state index in [-0.39, 0.29) is 5.91 Å². The molecule has 4 heterocycles. The Balaban J connectivity index is 1.39. The lowest BCUT2D eigenvalue weighted by atomic mass is 9.83. The van der Waals surface area contributed by atoms with Crippen LogP contribution in [0.15, 0.2) is 41.2 Å². The van der Waals surface area contributed by atoms with Crippen molar-refractivity contribution >= 4 is 22.5 Å². The van der Waals surface area contributed by atoms with Gasteiger partial charge >= 0.3 is 0 Å². The molecule has 5 rings (SSSR count). The van der Waals surface area contributed by atoms with E-state index in [0.29, 0.717) is 17.5 Å². The van der Waals surface area contributed by atoms with E-state index in [4.69, 9.17) is 4.42 Å². The summed E-state index contributed by atoms with van der Waals surface area (Å²) < 4.78 is 4.99. The zero-order valence-electron chi connectivity index (χ0n) is 15.3. The maximum atomic E-state index is 12.3. The molecule has 0 saturated carbocycles. The molecule has 1 amide bonds. The molecule has 2 aliphatic heterocycles. The van der Waals surface area contributed by atoms with E-state index in [1.807, 2.05) is 18.2 Å². The first-order valence-electron chi connectivity index (χ1n) is 9.83. The van der Waals surface area contributed by atoms with Crippen LogP contribution in [-0.2, 0) is 0 Å². The van der Waals surface area contributed by atoms with Crippen LogP contribution in [0.2, 0.25) is 0 Å². The molecule has 0 bridgehead atoms. The van der Waals surface area contributed by atoms with Crippen LogP contribution in [0.1, 0.15) is 54.1 Å². The number of furan rings is 1. The van der Waals surface area contributed by atoms with E-state index in [9.17, 15) is 4.79 Å². The number of hydrogen-bond acceptors (Lipinski definition) is 4. The van der Waals surface area contributed by atoms with Crippen molar-refractivity contribution < 1.29 is 9.21 Å². The second-order valence-electron chi connectivity index (χ2n) is 7.74. The van der Waals surface area contributed by atoms with Crippen LogP contribution in [0.25, 0.3) is 10.9 Å². The number of rotatable bonds is 3. The maximum absolute atomic E-state index is 12.3. The Bertz CT molecular complexity index is 946. The van der Waals surface area contributed by atoms with Gasteiger partial charge in [0.05, 0.1) is 23.0 Å². The highest BCUT2D eigenvalue weighted by Crippen LogP contribution is 2.37. The van der Waals surface area contributed by atoms with E-state index in [2.05, 4.69) is 20.4 Å². The van der Waals surface area contributed by atoms with Crippen molar-refractivity contribution in [2.45, 2.75) is 44.1 Å². The van der Waals surface area contributed by atoms with Gasteiger partial charge in [-0.25, -0.2) is 0 Å². The zero-order chi connectivity index (χ0) is 18.2. The fraction of sp³-hybridized carbons (Fsp3) is 0.429. The minimum absolute atomic E-state index is 0.163. The third kappa shape index (κ3) is 3.14. The minimum Gasteiger partial charge on any atom is -0.472 e. The Kier molecular flexibility index (Phi) is 4.20. The average molecular weight is 364 g/mol. The van der Waals surface area contributed by atoms with Crippen molar-refractivity contribution in [2.75, 3.05) is 18.4 Å². The van der Waals surface area contributed by atoms with Crippen molar-refractivity contribution in [3.63, 3.8) is 0 Å². The molecule has 140 valence electrons. The lowest BCUT2D eigenvalue weighted by molar-refractivity contribution is 0.0968. The number of carbonyl (C=O) groups excluding carboxylic acids is 1. The van der Waals surface area contributed by atoms with Gasteiger partial charge in [-0.3, -0.25) is 9.89 Å². The van der Waals surface area contributed by atoms with Gasteiger partial charge in [-0.2, -0.15) is 5.10 Å². The monoisotopic (exact) mass is 364 g/mol. The van der Waals surface area contributed by atoms with Crippen molar-refractivity contribution in [1.82, 2.24) is 15.1 Å². The summed E-state index contributed by atoms with van der Waals surface area (Å²) in [6.07, 6.45) is 9.29. The van der Waals surface area contributed by atoms with Crippen LogP contribution in [0.4, 0.5) is 5.69 Å². The molecular formula is C21H24N4O2. The Morgan fingerprint density at radius 2 is 2.19 bits per heavy atom. The molecule has 0 radical (unpaired) electrons. The summed E-state index contributed by atoms with van der Waals surface area (Å²) in [6.45, 7) is 2.42. The number of fused-ring (bicyclic) bond motifs is 2. The molecule has 2 N–H and O–H groups in total. The standard InChI is InChI=1S/C21H24N4O2/c26-21(15-7-10-27-13-15)22-16-4-5-19-18(12-16)20(24-23-19)14-6-9-25-8-2-1-3-17(25)11-14/h4-5,7,10,12-14,17H,1-3,6,8-9,11H2,(H,22,26)(H,23,24). The number of piperidine rings is 2. The molecular weight excluding hydrogens is 340 g/mol. The fourth-order valence-corrected chi connectivity index (χ4v) is 4.66. The smallest absolute Gasteiger partial charge is 0.258 e. The van der Waals surface area contributed by atoms with Crippen molar-refractivity contribution in [1.29, 1.82) is 0 Å². The normalized spacial score (nSPS) is 23.3. The largest absolute Gasteiger partial charge is 0.472 e. The van der Waals surface area contributed by atoms with Crippen LogP contribution in [-0.4, -0.2) is 40.1 Å². The second-order valence-corrected chi connectivity index (χ2v) is 7.74. The van der Waals surface area contributed by atoms with Gasteiger partial charge in [-0.05, 0) is 63.0 Å². The third-order valence-electron chi connectivity index (χ3n) is 6.09. The summed E-state index contributed by atoms with van der Waals surface area (Å²) in [5, 5.41) is 11.9. The molecule has 2 unspecified atom stereocenters. The van der Waals surface area contributed by atoms with Crippen LogP contribution in [0, 0.1) is 0 Å². The average Bonchev–Trinajstić information content (AvgIpc) is 3.37. The van der Waals surface area contributed by atoms with Crippen LogP contribution >= 0.6 is 0 Å². The third-order valence-corrected chi connectivity index (χ3v) is 6.09. The first-order valence-corrected chi connectivity index (χ1v) is 9.83. The number of benzene rings is 1. The number of nitrogens with zero attached hydrogens (tertiary/aromatic N) is 2. The SMILES string of the molecule is O=C(Nc1ccc2[nH]nc(C3CCN4CCCCC4C3)c2c1)c1ccoc1. The number of aromatic amines is 1. The summed E-state index contributed by atoms with van der Waals surface area (Å²) in [5.41, 5.74) is 3.48. The first kappa shape index (κ1) is 16.6. The molecule has 2 aliphatic rings.